The van der Waals surface area contributed by atoms with E-state index >= 15 is 0 Å². The average molecular weight is 192 g/mol. The minimum absolute atomic E-state index is 0.0515. The molecule has 0 fully saturated rings. The van der Waals surface area contributed by atoms with Crippen LogP contribution in [0.5, 0.6) is 0 Å². The lowest BCUT2D eigenvalue weighted by molar-refractivity contribution is -0.384. The summed E-state index contributed by atoms with van der Waals surface area (Å²) in [5.41, 5.74) is 6.41. The van der Waals surface area contributed by atoms with Crippen LogP contribution in [0.4, 0.5) is 11.4 Å². The second-order valence-corrected chi connectivity index (χ2v) is 3.06. The highest BCUT2D eigenvalue weighted by Gasteiger charge is 2.12. The number of fused-ring (bicyclic) bond motifs is 1. The van der Waals surface area contributed by atoms with Gasteiger partial charge in [-0.2, -0.15) is 0 Å². The highest BCUT2D eigenvalue weighted by Crippen LogP contribution is 2.29. The van der Waals surface area contributed by atoms with Gasteiger partial charge in [0.15, 0.2) is 0 Å². The first-order valence-corrected chi connectivity index (χ1v) is 4.02. The van der Waals surface area contributed by atoms with Gasteiger partial charge in [-0.1, -0.05) is 0 Å². The molecule has 0 aliphatic carbocycles. The van der Waals surface area contributed by atoms with Crippen molar-refractivity contribution in [2.24, 2.45) is 0 Å². The molecule has 2 rings (SSSR count). The summed E-state index contributed by atoms with van der Waals surface area (Å²) in [4.78, 5) is 10.0. The molecule has 1 aromatic carbocycles. The number of hydrogen-bond acceptors (Lipinski definition) is 4. The molecule has 0 saturated carbocycles. The molecular formula is C9H8N2O3. The summed E-state index contributed by atoms with van der Waals surface area (Å²) in [7, 11) is 0. The van der Waals surface area contributed by atoms with E-state index in [1.165, 1.54) is 12.1 Å². The molecule has 0 atom stereocenters. The third-order valence-corrected chi connectivity index (χ3v) is 1.99. The maximum atomic E-state index is 10.5. The highest BCUT2D eigenvalue weighted by molar-refractivity contribution is 5.91. The van der Waals surface area contributed by atoms with Crippen molar-refractivity contribution in [2.45, 2.75) is 6.92 Å². The van der Waals surface area contributed by atoms with E-state index in [1.807, 2.05) is 0 Å². The summed E-state index contributed by atoms with van der Waals surface area (Å²) in [5.74, 6) is 0.687. The Labute approximate surface area is 79.3 Å². The zero-order valence-electron chi connectivity index (χ0n) is 7.48. The molecule has 1 aromatic heterocycles. The van der Waals surface area contributed by atoms with Gasteiger partial charge in [-0.3, -0.25) is 10.1 Å². The van der Waals surface area contributed by atoms with Gasteiger partial charge in [0.05, 0.1) is 11.0 Å². The summed E-state index contributed by atoms with van der Waals surface area (Å²) in [6, 6.07) is 4.46. The van der Waals surface area contributed by atoms with Crippen molar-refractivity contribution >= 4 is 22.3 Å². The van der Waals surface area contributed by atoms with Gasteiger partial charge in [-0.25, -0.2) is 0 Å². The predicted octanol–water partition coefficient (Wildman–Crippen LogP) is 2.23. The number of nitrogens with zero attached hydrogens (tertiary/aromatic N) is 1. The van der Waals surface area contributed by atoms with E-state index in [0.29, 0.717) is 22.4 Å². The van der Waals surface area contributed by atoms with Crippen LogP contribution < -0.4 is 5.73 Å². The second-order valence-electron chi connectivity index (χ2n) is 3.06. The van der Waals surface area contributed by atoms with Crippen LogP contribution >= 0.6 is 0 Å². The van der Waals surface area contributed by atoms with E-state index in [2.05, 4.69) is 0 Å². The number of non-ortho nitro benzene ring substituents is 1. The third-order valence-electron chi connectivity index (χ3n) is 1.99. The Bertz CT molecular complexity index is 516. The molecule has 0 amide bonds. The van der Waals surface area contributed by atoms with Crippen molar-refractivity contribution in [2.75, 3.05) is 5.73 Å². The maximum absolute atomic E-state index is 10.5. The van der Waals surface area contributed by atoms with Crippen LogP contribution in [-0.4, -0.2) is 4.92 Å². The quantitative estimate of drug-likeness (QED) is 0.426. The molecule has 72 valence electrons. The maximum Gasteiger partial charge on any atom is 0.275 e. The average Bonchev–Trinajstić information content (AvgIpc) is 2.45. The first-order valence-electron chi connectivity index (χ1n) is 4.02. The topological polar surface area (TPSA) is 82.3 Å². The number of benzene rings is 1. The number of anilines is 1. The molecule has 1 heterocycles. The van der Waals surface area contributed by atoms with E-state index in [9.17, 15) is 10.1 Å². The molecule has 2 aromatic rings. The second kappa shape index (κ2) is 2.73. The molecule has 0 unspecified atom stereocenters. The van der Waals surface area contributed by atoms with Crippen molar-refractivity contribution in [1.82, 2.24) is 0 Å². The van der Waals surface area contributed by atoms with Gasteiger partial charge >= 0.3 is 0 Å². The van der Waals surface area contributed by atoms with Crippen LogP contribution in [0, 0.1) is 17.0 Å². The van der Waals surface area contributed by atoms with Crippen molar-refractivity contribution < 1.29 is 9.34 Å². The standard InChI is InChI=1S/C9H8N2O3/c1-5-2-7-8(10)3-6(11(12)13)4-9(7)14-5/h2-4H,10H2,1H3. The first-order chi connectivity index (χ1) is 6.58. The number of nitro groups is 1. The fraction of sp³-hybridized carbons (Fsp3) is 0.111. The largest absolute Gasteiger partial charge is 0.461 e. The van der Waals surface area contributed by atoms with Crippen molar-refractivity contribution in [1.29, 1.82) is 0 Å². The minimum atomic E-state index is -0.492. The number of aryl methyl sites for hydroxylation is 1. The lowest BCUT2D eigenvalue weighted by Crippen LogP contribution is -1.91. The summed E-state index contributed by atoms with van der Waals surface area (Å²) in [5, 5.41) is 11.2. The Balaban J connectivity index is 2.77. The molecule has 0 radical (unpaired) electrons. The lowest BCUT2D eigenvalue weighted by atomic mass is 10.2. The van der Waals surface area contributed by atoms with E-state index in [1.54, 1.807) is 13.0 Å². The summed E-state index contributed by atoms with van der Waals surface area (Å²) in [6.45, 7) is 1.77. The fourth-order valence-electron chi connectivity index (χ4n) is 1.38. The smallest absolute Gasteiger partial charge is 0.275 e. The van der Waals surface area contributed by atoms with Crippen LogP contribution in [0.15, 0.2) is 22.6 Å². The van der Waals surface area contributed by atoms with Gasteiger partial charge in [-0.15, -0.1) is 0 Å². The van der Waals surface area contributed by atoms with Gasteiger partial charge in [0.1, 0.15) is 11.3 Å². The van der Waals surface area contributed by atoms with Gasteiger partial charge in [0.2, 0.25) is 0 Å². The Morgan fingerprint density at radius 1 is 1.43 bits per heavy atom. The van der Waals surface area contributed by atoms with Crippen LogP contribution in [-0.2, 0) is 0 Å². The SMILES string of the molecule is Cc1cc2c(N)cc([N+](=O)[O-])cc2o1. The number of nitro benzene ring substituents is 1. The molecule has 0 spiro atoms. The molecule has 5 heteroatoms. The molecule has 0 saturated heterocycles. The highest BCUT2D eigenvalue weighted by atomic mass is 16.6. The Morgan fingerprint density at radius 2 is 2.14 bits per heavy atom. The number of hydrogen-bond donors (Lipinski definition) is 1. The van der Waals surface area contributed by atoms with E-state index in [0.717, 1.165) is 0 Å². The van der Waals surface area contributed by atoms with Crippen molar-refractivity contribution in [3.63, 3.8) is 0 Å². The number of furan rings is 1. The monoisotopic (exact) mass is 192 g/mol. The first kappa shape index (κ1) is 8.55. The summed E-state index contributed by atoms with van der Waals surface area (Å²) < 4.78 is 5.26. The van der Waals surface area contributed by atoms with Crippen molar-refractivity contribution in [3.05, 3.63) is 34.1 Å². The normalized spacial score (nSPS) is 10.6. The molecule has 2 N–H and O–H groups in total. The predicted molar refractivity (Wildman–Crippen MR) is 52.0 cm³/mol. The van der Waals surface area contributed by atoms with E-state index < -0.39 is 4.92 Å². The van der Waals surface area contributed by atoms with Gasteiger partial charge < -0.3 is 10.2 Å². The Hall–Kier alpha value is -2.04. The van der Waals surface area contributed by atoms with Crippen LogP contribution in [0.1, 0.15) is 5.76 Å². The summed E-state index contributed by atoms with van der Waals surface area (Å²) in [6.07, 6.45) is 0. The minimum Gasteiger partial charge on any atom is -0.461 e. The zero-order chi connectivity index (χ0) is 10.3. The van der Waals surface area contributed by atoms with Gasteiger partial charge in [0, 0.05) is 17.1 Å². The van der Waals surface area contributed by atoms with E-state index in [-0.39, 0.29) is 5.69 Å². The molecule has 0 bridgehead atoms. The molecular weight excluding hydrogens is 184 g/mol. The third kappa shape index (κ3) is 1.19. The number of nitrogen functional groups attached to an aromatic ring is 1. The van der Waals surface area contributed by atoms with Gasteiger partial charge in [0.25, 0.3) is 5.69 Å². The van der Waals surface area contributed by atoms with Crippen LogP contribution in [0.25, 0.3) is 11.0 Å². The van der Waals surface area contributed by atoms with Crippen molar-refractivity contribution in [3.8, 4) is 0 Å². The molecule has 14 heavy (non-hydrogen) atoms. The van der Waals surface area contributed by atoms with Gasteiger partial charge in [-0.05, 0) is 13.0 Å². The number of rotatable bonds is 1. The number of nitrogens with two attached hydrogens (primary N) is 1. The Morgan fingerprint density at radius 3 is 2.79 bits per heavy atom. The molecule has 5 nitrogen and oxygen atoms in total. The van der Waals surface area contributed by atoms with Crippen LogP contribution in [0.2, 0.25) is 0 Å². The molecule has 0 aliphatic heterocycles. The summed E-state index contributed by atoms with van der Waals surface area (Å²) >= 11 is 0. The van der Waals surface area contributed by atoms with E-state index in [4.69, 9.17) is 10.2 Å². The van der Waals surface area contributed by atoms with Crippen LogP contribution in [0.3, 0.4) is 0 Å². The lowest BCUT2D eigenvalue weighted by Gasteiger charge is -1.95. The molecule has 0 aliphatic rings. The zero-order valence-corrected chi connectivity index (χ0v) is 7.48. The Kier molecular flexibility index (Phi) is 1.67. The fourth-order valence-corrected chi connectivity index (χ4v) is 1.38.